The first-order valence-corrected chi connectivity index (χ1v) is 8.31. The molecule has 0 saturated carbocycles. The minimum atomic E-state index is -1.01. The lowest BCUT2D eigenvalue weighted by atomic mass is 9.92. The standard InChI is InChI=1S/C15H20N2O3S/c1-21-9-7-12(16)14(18)17-8-6-10-4-2-3-5-11(10)13(17)15(19)20/h2-5,12-13H,6-9,16H2,1H3,(H,19,20)/t12-,13?/m0/s1. The second-order valence-corrected chi connectivity index (χ2v) is 6.09. The number of carboxylic acid groups (broad SMARTS) is 1. The number of rotatable bonds is 5. The van der Waals surface area contributed by atoms with Gasteiger partial charge >= 0.3 is 5.97 Å². The lowest BCUT2D eigenvalue weighted by Gasteiger charge is -2.36. The second-order valence-electron chi connectivity index (χ2n) is 5.11. The molecule has 6 heteroatoms. The molecular weight excluding hydrogens is 288 g/mol. The maximum absolute atomic E-state index is 12.5. The minimum absolute atomic E-state index is 0.272. The Kier molecular flexibility index (Phi) is 5.25. The van der Waals surface area contributed by atoms with Crippen molar-refractivity contribution < 1.29 is 14.7 Å². The molecule has 0 saturated heterocycles. The van der Waals surface area contributed by atoms with Gasteiger partial charge in [0, 0.05) is 6.54 Å². The second kappa shape index (κ2) is 6.95. The van der Waals surface area contributed by atoms with Crippen LogP contribution in [0.25, 0.3) is 0 Å². The van der Waals surface area contributed by atoms with Crippen molar-refractivity contribution in [3.8, 4) is 0 Å². The number of thioether (sulfide) groups is 1. The van der Waals surface area contributed by atoms with Crippen molar-refractivity contribution >= 4 is 23.6 Å². The van der Waals surface area contributed by atoms with Gasteiger partial charge in [0.25, 0.3) is 0 Å². The molecule has 114 valence electrons. The van der Waals surface area contributed by atoms with Crippen LogP contribution < -0.4 is 5.73 Å². The lowest BCUT2D eigenvalue weighted by Crippen LogP contribution is -2.50. The van der Waals surface area contributed by atoms with Crippen molar-refractivity contribution in [2.24, 2.45) is 5.73 Å². The normalized spacial score (nSPS) is 19.0. The number of nitrogens with two attached hydrogens (primary N) is 1. The molecule has 2 atom stereocenters. The summed E-state index contributed by atoms with van der Waals surface area (Å²) in [4.78, 5) is 25.5. The Hall–Kier alpha value is -1.53. The number of carbonyl (C=O) groups is 2. The first-order valence-electron chi connectivity index (χ1n) is 6.92. The molecule has 3 N–H and O–H groups in total. The van der Waals surface area contributed by atoms with Crippen LogP contribution in [0.3, 0.4) is 0 Å². The molecule has 1 aromatic carbocycles. The number of carboxylic acids is 1. The van der Waals surface area contributed by atoms with Crippen molar-refractivity contribution in [3.05, 3.63) is 35.4 Å². The predicted octanol–water partition coefficient (Wildman–Crippen LogP) is 1.28. The Morgan fingerprint density at radius 3 is 2.86 bits per heavy atom. The van der Waals surface area contributed by atoms with Crippen molar-refractivity contribution in [1.82, 2.24) is 4.90 Å². The van der Waals surface area contributed by atoms with Crippen LogP contribution in [0.5, 0.6) is 0 Å². The Labute approximate surface area is 128 Å². The smallest absolute Gasteiger partial charge is 0.331 e. The van der Waals surface area contributed by atoms with Crippen LogP contribution in [-0.4, -0.2) is 46.5 Å². The van der Waals surface area contributed by atoms with Crippen molar-refractivity contribution in [1.29, 1.82) is 0 Å². The topological polar surface area (TPSA) is 83.6 Å². The largest absolute Gasteiger partial charge is 0.479 e. The molecule has 0 spiro atoms. The van der Waals surface area contributed by atoms with Gasteiger partial charge in [-0.25, -0.2) is 4.79 Å². The Bertz CT molecular complexity index is 535. The molecule has 21 heavy (non-hydrogen) atoms. The summed E-state index contributed by atoms with van der Waals surface area (Å²) in [6.07, 6.45) is 3.18. The molecule has 2 rings (SSSR count). The lowest BCUT2D eigenvalue weighted by molar-refractivity contribution is -0.151. The van der Waals surface area contributed by atoms with Gasteiger partial charge in [-0.3, -0.25) is 4.79 Å². The minimum Gasteiger partial charge on any atom is -0.479 e. The fourth-order valence-electron chi connectivity index (χ4n) is 2.65. The predicted molar refractivity (Wildman–Crippen MR) is 83.2 cm³/mol. The number of fused-ring (bicyclic) bond motifs is 1. The zero-order chi connectivity index (χ0) is 15.4. The van der Waals surface area contributed by atoms with E-state index in [0.717, 1.165) is 11.3 Å². The molecule has 1 heterocycles. The molecule has 0 fully saturated rings. The van der Waals surface area contributed by atoms with Crippen LogP contribution in [0.15, 0.2) is 24.3 Å². The number of amides is 1. The van der Waals surface area contributed by atoms with E-state index in [2.05, 4.69) is 0 Å². The number of nitrogens with zero attached hydrogens (tertiary/aromatic N) is 1. The number of carbonyl (C=O) groups excluding carboxylic acids is 1. The van der Waals surface area contributed by atoms with Crippen molar-refractivity contribution in [3.63, 3.8) is 0 Å². The fourth-order valence-corrected chi connectivity index (χ4v) is 3.14. The summed E-state index contributed by atoms with van der Waals surface area (Å²) in [7, 11) is 0. The van der Waals surface area contributed by atoms with Crippen LogP contribution in [0.2, 0.25) is 0 Å². The van der Waals surface area contributed by atoms with Crippen LogP contribution in [0.4, 0.5) is 0 Å². The molecule has 1 aliphatic heterocycles. The summed E-state index contributed by atoms with van der Waals surface area (Å²) in [5.74, 6) is -0.492. The van der Waals surface area contributed by atoms with Gasteiger partial charge in [0.05, 0.1) is 6.04 Å². The summed E-state index contributed by atoms with van der Waals surface area (Å²) in [6.45, 7) is 0.403. The number of hydrogen-bond donors (Lipinski definition) is 2. The van der Waals surface area contributed by atoms with Gasteiger partial charge in [-0.05, 0) is 36.0 Å². The summed E-state index contributed by atoms with van der Waals surface area (Å²) in [5.41, 5.74) is 7.61. The fraction of sp³-hybridized carbons (Fsp3) is 0.467. The van der Waals surface area contributed by atoms with E-state index < -0.39 is 18.1 Å². The van der Waals surface area contributed by atoms with E-state index >= 15 is 0 Å². The van der Waals surface area contributed by atoms with Crippen LogP contribution >= 0.6 is 11.8 Å². The van der Waals surface area contributed by atoms with Crippen LogP contribution in [0, 0.1) is 0 Å². The van der Waals surface area contributed by atoms with Gasteiger partial charge in [-0.1, -0.05) is 24.3 Å². The number of hydrogen-bond acceptors (Lipinski definition) is 4. The molecule has 0 bridgehead atoms. The highest BCUT2D eigenvalue weighted by molar-refractivity contribution is 7.98. The van der Waals surface area contributed by atoms with Gasteiger partial charge in [0.1, 0.15) is 0 Å². The Balaban J connectivity index is 2.24. The first-order chi connectivity index (χ1) is 10.1. The summed E-state index contributed by atoms with van der Waals surface area (Å²) in [5, 5.41) is 9.52. The van der Waals surface area contributed by atoms with Crippen molar-refractivity contribution in [2.45, 2.75) is 24.9 Å². The monoisotopic (exact) mass is 308 g/mol. The molecular formula is C15H20N2O3S. The Morgan fingerprint density at radius 2 is 2.19 bits per heavy atom. The van der Waals surface area contributed by atoms with E-state index in [1.165, 1.54) is 4.90 Å². The third-order valence-electron chi connectivity index (χ3n) is 3.75. The van der Waals surface area contributed by atoms with E-state index in [4.69, 9.17) is 5.73 Å². The van der Waals surface area contributed by atoms with Gasteiger partial charge < -0.3 is 15.7 Å². The molecule has 1 aromatic rings. The number of benzene rings is 1. The van der Waals surface area contributed by atoms with Gasteiger partial charge in [-0.15, -0.1) is 0 Å². The molecule has 0 aromatic heterocycles. The quantitative estimate of drug-likeness (QED) is 0.856. The molecule has 1 aliphatic rings. The molecule has 1 amide bonds. The maximum Gasteiger partial charge on any atom is 0.331 e. The molecule has 1 unspecified atom stereocenters. The molecule has 0 aliphatic carbocycles. The maximum atomic E-state index is 12.5. The SMILES string of the molecule is CSCC[C@H](N)C(=O)N1CCc2ccccc2C1C(=O)O. The third-order valence-corrected chi connectivity index (χ3v) is 4.39. The van der Waals surface area contributed by atoms with E-state index in [0.29, 0.717) is 24.9 Å². The van der Waals surface area contributed by atoms with Gasteiger partial charge in [-0.2, -0.15) is 11.8 Å². The van der Waals surface area contributed by atoms with Crippen molar-refractivity contribution in [2.75, 3.05) is 18.6 Å². The van der Waals surface area contributed by atoms with E-state index in [-0.39, 0.29) is 5.91 Å². The average molecular weight is 308 g/mol. The molecule has 0 radical (unpaired) electrons. The van der Waals surface area contributed by atoms with Crippen LogP contribution in [0.1, 0.15) is 23.6 Å². The highest BCUT2D eigenvalue weighted by Gasteiger charge is 2.37. The molecule has 5 nitrogen and oxygen atoms in total. The summed E-state index contributed by atoms with van der Waals surface area (Å²) in [6, 6.07) is 5.82. The average Bonchev–Trinajstić information content (AvgIpc) is 2.50. The highest BCUT2D eigenvalue weighted by atomic mass is 32.2. The number of aliphatic carboxylic acids is 1. The first kappa shape index (κ1) is 15.9. The zero-order valence-corrected chi connectivity index (χ0v) is 12.8. The van der Waals surface area contributed by atoms with E-state index in [1.54, 1.807) is 23.9 Å². The van der Waals surface area contributed by atoms with Gasteiger partial charge in [0.15, 0.2) is 6.04 Å². The summed E-state index contributed by atoms with van der Waals surface area (Å²) < 4.78 is 0. The van der Waals surface area contributed by atoms with E-state index in [1.807, 2.05) is 18.4 Å². The van der Waals surface area contributed by atoms with Crippen LogP contribution in [-0.2, 0) is 16.0 Å². The zero-order valence-electron chi connectivity index (χ0n) is 12.0. The highest BCUT2D eigenvalue weighted by Crippen LogP contribution is 2.30. The summed E-state index contributed by atoms with van der Waals surface area (Å²) >= 11 is 1.62. The Morgan fingerprint density at radius 1 is 1.48 bits per heavy atom. The van der Waals surface area contributed by atoms with Gasteiger partial charge in [0.2, 0.25) is 5.91 Å². The third kappa shape index (κ3) is 3.39. The van der Waals surface area contributed by atoms with E-state index in [9.17, 15) is 14.7 Å².